The van der Waals surface area contributed by atoms with E-state index in [0.717, 1.165) is 32.1 Å². The summed E-state index contributed by atoms with van der Waals surface area (Å²) in [6.45, 7) is 1.74. The van der Waals surface area contributed by atoms with Crippen molar-refractivity contribution < 1.29 is 14.0 Å². The number of benzene rings is 1. The summed E-state index contributed by atoms with van der Waals surface area (Å²) in [6, 6.07) is 5.20. The summed E-state index contributed by atoms with van der Waals surface area (Å²) in [4.78, 5) is 26.7. The van der Waals surface area contributed by atoms with E-state index in [2.05, 4.69) is 10.6 Å². The molecule has 1 heterocycles. The average Bonchev–Trinajstić information content (AvgIpc) is 3.13. The van der Waals surface area contributed by atoms with Crippen molar-refractivity contribution in [2.24, 2.45) is 11.1 Å². The molecule has 6 nitrogen and oxygen atoms in total. The van der Waals surface area contributed by atoms with Crippen molar-refractivity contribution in [3.8, 4) is 0 Å². The number of likely N-dealkylation sites (tertiary alicyclic amines) is 1. The number of carbonyl (C=O) groups excluding carboxylic acids is 2. The molecule has 1 saturated heterocycles. The highest BCUT2D eigenvalue weighted by atomic mass is 19.1. The number of nitrogens with one attached hydrogen (secondary N) is 2. The Morgan fingerprint density at radius 3 is 2.56 bits per heavy atom. The fraction of sp³-hybridized carbons (Fsp3) is 0.600. The largest absolute Gasteiger partial charge is 0.341 e. The topological polar surface area (TPSA) is 87.5 Å². The van der Waals surface area contributed by atoms with Crippen molar-refractivity contribution in [1.82, 2.24) is 10.2 Å². The van der Waals surface area contributed by atoms with E-state index in [4.69, 9.17) is 5.73 Å². The zero-order valence-electron chi connectivity index (χ0n) is 15.7. The lowest BCUT2D eigenvalue weighted by molar-refractivity contribution is -0.133. The number of urea groups is 1. The fourth-order valence-electron chi connectivity index (χ4n) is 4.18. The van der Waals surface area contributed by atoms with E-state index in [1.54, 1.807) is 0 Å². The highest BCUT2D eigenvalue weighted by Crippen LogP contribution is 2.39. The minimum absolute atomic E-state index is 0.0409. The smallest absolute Gasteiger partial charge is 0.319 e. The van der Waals surface area contributed by atoms with Crippen molar-refractivity contribution in [3.05, 3.63) is 30.1 Å². The molecular formula is C20H29FN4O2. The summed E-state index contributed by atoms with van der Waals surface area (Å²) in [5.74, 6) is -0.204. The Hall–Kier alpha value is -2.15. The van der Waals surface area contributed by atoms with Gasteiger partial charge in [0.25, 0.3) is 0 Å². The highest BCUT2D eigenvalue weighted by Gasteiger charge is 2.36. The Kier molecular flexibility index (Phi) is 6.31. The van der Waals surface area contributed by atoms with E-state index in [1.165, 1.54) is 30.7 Å². The van der Waals surface area contributed by atoms with E-state index in [9.17, 15) is 14.0 Å². The number of hydrogen-bond donors (Lipinski definition) is 3. The predicted octanol–water partition coefficient (Wildman–Crippen LogP) is 2.85. The van der Waals surface area contributed by atoms with Crippen molar-refractivity contribution in [2.75, 3.05) is 25.0 Å². The van der Waals surface area contributed by atoms with Gasteiger partial charge < -0.3 is 21.3 Å². The Morgan fingerprint density at radius 2 is 1.89 bits per heavy atom. The Balaban J connectivity index is 1.47. The molecule has 0 spiro atoms. The number of nitrogens with zero attached hydrogens (tertiary/aromatic N) is 1. The molecule has 1 unspecified atom stereocenters. The second kappa shape index (κ2) is 8.69. The Bertz CT molecular complexity index is 658. The van der Waals surface area contributed by atoms with Crippen LogP contribution in [0, 0.1) is 11.2 Å². The van der Waals surface area contributed by atoms with Gasteiger partial charge in [-0.25, -0.2) is 9.18 Å². The van der Waals surface area contributed by atoms with Crippen molar-refractivity contribution in [3.63, 3.8) is 0 Å². The van der Waals surface area contributed by atoms with Crippen LogP contribution in [-0.2, 0) is 4.79 Å². The second-order valence-corrected chi connectivity index (χ2v) is 7.87. The molecule has 1 saturated carbocycles. The summed E-state index contributed by atoms with van der Waals surface area (Å²) in [5.41, 5.74) is 6.49. The van der Waals surface area contributed by atoms with Gasteiger partial charge in [-0.15, -0.1) is 0 Å². The number of hydrogen-bond acceptors (Lipinski definition) is 3. The third-order valence-electron chi connectivity index (χ3n) is 5.85. The van der Waals surface area contributed by atoms with E-state index < -0.39 is 0 Å². The van der Waals surface area contributed by atoms with E-state index >= 15 is 0 Å². The first-order valence-electron chi connectivity index (χ1n) is 9.81. The molecule has 27 heavy (non-hydrogen) atoms. The third kappa shape index (κ3) is 5.19. The van der Waals surface area contributed by atoms with Gasteiger partial charge in [-0.2, -0.15) is 0 Å². The van der Waals surface area contributed by atoms with E-state index in [0.29, 0.717) is 31.7 Å². The first kappa shape index (κ1) is 19.6. The molecule has 1 aliphatic heterocycles. The lowest BCUT2D eigenvalue weighted by Crippen LogP contribution is -2.42. The molecule has 0 radical (unpaired) electrons. The number of anilines is 1. The molecule has 2 aliphatic rings. The molecule has 4 N–H and O–H groups in total. The molecule has 0 bridgehead atoms. The van der Waals surface area contributed by atoms with E-state index in [-0.39, 0.29) is 29.2 Å². The molecule has 2 fully saturated rings. The average molecular weight is 376 g/mol. The summed E-state index contributed by atoms with van der Waals surface area (Å²) < 4.78 is 12.9. The van der Waals surface area contributed by atoms with Gasteiger partial charge in [0.15, 0.2) is 0 Å². The summed E-state index contributed by atoms with van der Waals surface area (Å²) in [7, 11) is 0. The third-order valence-corrected chi connectivity index (χ3v) is 5.85. The van der Waals surface area contributed by atoms with Gasteiger partial charge in [0.05, 0.1) is 0 Å². The number of carbonyl (C=O) groups is 2. The molecule has 1 aromatic carbocycles. The number of halogens is 1. The van der Waals surface area contributed by atoms with Gasteiger partial charge in [0.2, 0.25) is 5.91 Å². The first-order valence-corrected chi connectivity index (χ1v) is 9.81. The minimum Gasteiger partial charge on any atom is -0.341 e. The quantitative estimate of drug-likeness (QED) is 0.738. The molecule has 1 aromatic rings. The van der Waals surface area contributed by atoms with Crippen LogP contribution >= 0.6 is 0 Å². The lowest BCUT2D eigenvalue weighted by atomic mass is 9.71. The van der Waals surface area contributed by atoms with Crippen LogP contribution in [0.3, 0.4) is 0 Å². The molecule has 3 amide bonds. The summed E-state index contributed by atoms with van der Waals surface area (Å²) in [6.07, 6.45) is 6.84. The van der Waals surface area contributed by atoms with Gasteiger partial charge in [-0.05, 0) is 55.5 Å². The normalized spacial score (nSPS) is 21.7. The van der Waals surface area contributed by atoms with Crippen molar-refractivity contribution in [1.29, 1.82) is 0 Å². The van der Waals surface area contributed by atoms with Gasteiger partial charge in [-0.3, -0.25) is 4.79 Å². The van der Waals surface area contributed by atoms with Gasteiger partial charge in [0, 0.05) is 31.2 Å². The highest BCUT2D eigenvalue weighted by molar-refractivity contribution is 5.89. The monoisotopic (exact) mass is 376 g/mol. The SMILES string of the molecule is NCC1(CC(=O)N2CCC(NC(=O)Nc3ccc(F)cc3)C2)CCCCC1. The van der Waals surface area contributed by atoms with E-state index in [1.807, 2.05) is 4.90 Å². The van der Waals surface area contributed by atoms with Crippen molar-refractivity contribution in [2.45, 2.75) is 51.0 Å². The van der Waals surface area contributed by atoms with Crippen molar-refractivity contribution >= 4 is 17.6 Å². The summed E-state index contributed by atoms with van der Waals surface area (Å²) in [5, 5.41) is 5.58. The first-order chi connectivity index (χ1) is 13.0. The van der Waals surface area contributed by atoms with Crippen LogP contribution in [0.4, 0.5) is 14.9 Å². The van der Waals surface area contributed by atoms with Crippen LogP contribution < -0.4 is 16.4 Å². The van der Waals surface area contributed by atoms with Gasteiger partial charge in [-0.1, -0.05) is 19.3 Å². The summed E-state index contributed by atoms with van der Waals surface area (Å²) >= 11 is 0. The van der Waals surface area contributed by atoms with Crippen LogP contribution in [0.2, 0.25) is 0 Å². The number of nitrogens with two attached hydrogens (primary N) is 1. The lowest BCUT2D eigenvalue weighted by Gasteiger charge is -2.36. The number of amides is 3. The van der Waals surface area contributed by atoms with Crippen LogP contribution in [0.5, 0.6) is 0 Å². The predicted molar refractivity (Wildman–Crippen MR) is 103 cm³/mol. The Morgan fingerprint density at radius 1 is 1.19 bits per heavy atom. The maximum atomic E-state index is 12.9. The van der Waals surface area contributed by atoms with Crippen LogP contribution in [0.15, 0.2) is 24.3 Å². The molecule has 0 aromatic heterocycles. The van der Waals surface area contributed by atoms with Gasteiger partial charge in [0.1, 0.15) is 5.82 Å². The second-order valence-electron chi connectivity index (χ2n) is 7.87. The molecule has 1 atom stereocenters. The maximum Gasteiger partial charge on any atom is 0.319 e. The van der Waals surface area contributed by atoms with Gasteiger partial charge >= 0.3 is 6.03 Å². The fourth-order valence-corrected chi connectivity index (χ4v) is 4.18. The molecule has 1 aliphatic carbocycles. The minimum atomic E-state index is -0.348. The zero-order valence-corrected chi connectivity index (χ0v) is 15.7. The molecular weight excluding hydrogens is 347 g/mol. The Labute approximate surface area is 159 Å². The number of rotatable bonds is 5. The van der Waals surface area contributed by atoms with Crippen LogP contribution in [0.25, 0.3) is 0 Å². The zero-order chi connectivity index (χ0) is 19.3. The molecule has 3 rings (SSSR count). The van der Waals surface area contributed by atoms with Crippen LogP contribution in [0.1, 0.15) is 44.9 Å². The molecule has 7 heteroatoms. The standard InChI is InChI=1S/C20H29FN4O2/c21-15-4-6-16(7-5-15)23-19(27)24-17-8-11-25(13-17)18(26)12-20(14-22)9-2-1-3-10-20/h4-7,17H,1-3,8-14,22H2,(H2,23,24,27). The van der Waals surface area contributed by atoms with Crippen LogP contribution in [-0.4, -0.2) is 42.5 Å². The molecule has 148 valence electrons. The maximum absolute atomic E-state index is 12.9.